The van der Waals surface area contributed by atoms with E-state index in [1.54, 1.807) is 24.4 Å². The highest BCUT2D eigenvalue weighted by atomic mass is 14.8. The Morgan fingerprint density at radius 3 is 3.00 bits per heavy atom. The third-order valence-electron chi connectivity index (χ3n) is 1.77. The zero-order valence-corrected chi connectivity index (χ0v) is 7.31. The Kier molecular flexibility index (Phi) is 2.20. The maximum atomic E-state index is 8.71. The Bertz CT molecular complexity index is 471. The van der Waals surface area contributed by atoms with Crippen molar-refractivity contribution in [2.75, 3.05) is 0 Å². The number of benzene rings is 1. The van der Waals surface area contributed by atoms with Crippen molar-refractivity contribution in [2.24, 2.45) is 0 Å². The second-order valence-electron chi connectivity index (χ2n) is 2.70. The molecule has 0 amide bonds. The highest BCUT2D eigenvalue weighted by Gasteiger charge is 1.99. The Balaban J connectivity index is 2.49. The molecule has 2 rings (SSSR count). The first kappa shape index (κ1) is 8.39. The average molecular weight is 180 g/mol. The summed E-state index contributed by atoms with van der Waals surface area (Å²) in [5.41, 5.74) is 1.44. The van der Waals surface area contributed by atoms with Crippen LogP contribution in [0, 0.1) is 17.5 Å². The van der Waals surface area contributed by atoms with Gasteiger partial charge >= 0.3 is 0 Å². The van der Waals surface area contributed by atoms with Gasteiger partial charge in [-0.25, -0.2) is 9.97 Å². The van der Waals surface area contributed by atoms with Gasteiger partial charge < -0.3 is 0 Å². The Morgan fingerprint density at radius 2 is 2.29 bits per heavy atom. The molecule has 0 saturated carbocycles. The van der Waals surface area contributed by atoms with Gasteiger partial charge in [0.2, 0.25) is 0 Å². The van der Waals surface area contributed by atoms with Gasteiger partial charge in [0.1, 0.15) is 0 Å². The molecule has 0 fully saturated rings. The van der Waals surface area contributed by atoms with Crippen molar-refractivity contribution in [3.63, 3.8) is 0 Å². The smallest absolute Gasteiger partial charge is 0.159 e. The number of hydrogen-bond acceptors (Lipinski definition) is 3. The van der Waals surface area contributed by atoms with Crippen LogP contribution in [0.15, 0.2) is 36.5 Å². The molecule has 0 atom stereocenters. The molecule has 1 heterocycles. The molecule has 1 aromatic heterocycles. The molecule has 0 bridgehead atoms. The van der Waals surface area contributed by atoms with Crippen LogP contribution in [0.3, 0.4) is 0 Å². The summed E-state index contributed by atoms with van der Waals surface area (Å²) in [6.45, 7) is 0. The molecule has 0 aliphatic rings. The fourth-order valence-corrected chi connectivity index (χ4v) is 1.14. The molecule has 2 aromatic rings. The first-order valence-corrected chi connectivity index (χ1v) is 4.10. The number of nitrogens with zero attached hydrogens (tertiary/aromatic N) is 3. The van der Waals surface area contributed by atoms with Crippen LogP contribution in [0.25, 0.3) is 11.4 Å². The minimum Gasteiger partial charge on any atom is -0.237 e. The number of rotatable bonds is 1. The van der Waals surface area contributed by atoms with E-state index in [4.69, 9.17) is 5.26 Å². The highest BCUT2D eigenvalue weighted by molar-refractivity contribution is 5.57. The van der Waals surface area contributed by atoms with Gasteiger partial charge in [0.25, 0.3) is 0 Å². The second kappa shape index (κ2) is 3.67. The van der Waals surface area contributed by atoms with Crippen LogP contribution in [0.1, 0.15) is 5.56 Å². The Morgan fingerprint density at radius 1 is 1.36 bits per heavy atom. The van der Waals surface area contributed by atoms with Crippen LogP contribution in [0.2, 0.25) is 0 Å². The highest BCUT2D eigenvalue weighted by Crippen LogP contribution is 2.14. The van der Waals surface area contributed by atoms with E-state index in [1.807, 2.05) is 12.1 Å². The van der Waals surface area contributed by atoms with E-state index in [0.29, 0.717) is 11.4 Å². The summed E-state index contributed by atoms with van der Waals surface area (Å²) in [5.74, 6) is 0.588. The first-order chi connectivity index (χ1) is 6.90. The lowest BCUT2D eigenvalue weighted by Crippen LogP contribution is -1.87. The van der Waals surface area contributed by atoms with Crippen molar-refractivity contribution in [3.05, 3.63) is 48.3 Å². The summed E-state index contributed by atoms with van der Waals surface area (Å²) in [6.07, 6.45) is 4.33. The third-order valence-corrected chi connectivity index (χ3v) is 1.77. The summed E-state index contributed by atoms with van der Waals surface area (Å²) in [6, 6.07) is 10.9. The molecule has 65 valence electrons. The van der Waals surface area contributed by atoms with Gasteiger partial charge in [-0.05, 0) is 18.2 Å². The SMILES string of the molecule is N#Cc1cccc(-c2n[c]ccn2)c1. The van der Waals surface area contributed by atoms with E-state index in [0.717, 1.165) is 5.56 Å². The molecule has 3 heteroatoms. The van der Waals surface area contributed by atoms with Crippen LogP contribution in [-0.4, -0.2) is 9.97 Å². The van der Waals surface area contributed by atoms with Gasteiger partial charge in [-0.15, -0.1) is 0 Å². The molecule has 0 saturated heterocycles. The van der Waals surface area contributed by atoms with E-state index < -0.39 is 0 Å². The summed E-state index contributed by atoms with van der Waals surface area (Å²) >= 11 is 0. The van der Waals surface area contributed by atoms with Gasteiger partial charge in [-0.2, -0.15) is 5.26 Å². The van der Waals surface area contributed by atoms with Gasteiger partial charge in [0.15, 0.2) is 5.82 Å². The van der Waals surface area contributed by atoms with Gasteiger partial charge in [0.05, 0.1) is 17.8 Å². The monoisotopic (exact) mass is 180 g/mol. The zero-order valence-electron chi connectivity index (χ0n) is 7.31. The Labute approximate surface area is 81.7 Å². The molecule has 0 unspecified atom stereocenters. The molecular weight excluding hydrogens is 174 g/mol. The van der Waals surface area contributed by atoms with Crippen molar-refractivity contribution in [2.45, 2.75) is 0 Å². The summed E-state index contributed by atoms with van der Waals surface area (Å²) in [7, 11) is 0. The molecule has 14 heavy (non-hydrogen) atoms. The number of aromatic nitrogens is 2. The predicted octanol–water partition coefficient (Wildman–Crippen LogP) is 1.82. The van der Waals surface area contributed by atoms with Crippen molar-refractivity contribution in [1.29, 1.82) is 5.26 Å². The fraction of sp³-hybridized carbons (Fsp3) is 0. The lowest BCUT2D eigenvalue weighted by Gasteiger charge is -1.97. The summed E-state index contributed by atoms with van der Waals surface area (Å²) in [4.78, 5) is 8.05. The maximum Gasteiger partial charge on any atom is 0.159 e. The zero-order chi connectivity index (χ0) is 9.80. The molecule has 0 spiro atoms. The average Bonchev–Trinajstić information content (AvgIpc) is 2.30. The quantitative estimate of drug-likeness (QED) is 0.672. The molecule has 1 aromatic carbocycles. The van der Waals surface area contributed by atoms with Crippen LogP contribution in [-0.2, 0) is 0 Å². The van der Waals surface area contributed by atoms with Gasteiger partial charge in [0, 0.05) is 11.8 Å². The number of nitriles is 1. The Hall–Kier alpha value is -2.21. The van der Waals surface area contributed by atoms with Crippen molar-refractivity contribution in [3.8, 4) is 17.5 Å². The largest absolute Gasteiger partial charge is 0.237 e. The normalized spacial score (nSPS) is 9.36. The van der Waals surface area contributed by atoms with Gasteiger partial charge in [-0.1, -0.05) is 12.1 Å². The lowest BCUT2D eigenvalue weighted by molar-refractivity contribution is 1.17. The molecule has 0 N–H and O–H groups in total. The van der Waals surface area contributed by atoms with E-state index in [1.165, 1.54) is 0 Å². The van der Waals surface area contributed by atoms with Crippen LogP contribution >= 0.6 is 0 Å². The van der Waals surface area contributed by atoms with Crippen molar-refractivity contribution >= 4 is 0 Å². The summed E-state index contributed by atoms with van der Waals surface area (Å²) in [5, 5.41) is 8.71. The predicted molar refractivity (Wildman–Crippen MR) is 51.0 cm³/mol. The molecular formula is C11H6N3. The first-order valence-electron chi connectivity index (χ1n) is 4.10. The summed E-state index contributed by atoms with van der Waals surface area (Å²) < 4.78 is 0. The lowest BCUT2D eigenvalue weighted by atomic mass is 10.1. The fourth-order valence-electron chi connectivity index (χ4n) is 1.14. The van der Waals surface area contributed by atoms with Crippen molar-refractivity contribution in [1.82, 2.24) is 9.97 Å². The molecule has 3 nitrogen and oxygen atoms in total. The van der Waals surface area contributed by atoms with E-state index in [-0.39, 0.29) is 0 Å². The van der Waals surface area contributed by atoms with Crippen molar-refractivity contribution < 1.29 is 0 Å². The topological polar surface area (TPSA) is 49.6 Å². The van der Waals surface area contributed by atoms with E-state index in [2.05, 4.69) is 22.2 Å². The van der Waals surface area contributed by atoms with Gasteiger partial charge in [-0.3, -0.25) is 0 Å². The molecule has 0 aliphatic heterocycles. The van der Waals surface area contributed by atoms with Crippen LogP contribution in [0.4, 0.5) is 0 Å². The van der Waals surface area contributed by atoms with E-state index in [9.17, 15) is 0 Å². The third kappa shape index (κ3) is 1.59. The standard InChI is InChI=1S/C11H6N3/c12-8-9-3-1-4-10(7-9)11-13-5-2-6-14-11/h1-5,7H. The minimum absolute atomic E-state index is 0.588. The number of hydrogen-bond donors (Lipinski definition) is 0. The van der Waals surface area contributed by atoms with Crippen LogP contribution in [0.5, 0.6) is 0 Å². The maximum absolute atomic E-state index is 8.71. The van der Waals surface area contributed by atoms with E-state index >= 15 is 0 Å². The van der Waals surface area contributed by atoms with Crippen LogP contribution < -0.4 is 0 Å². The molecule has 0 aliphatic carbocycles. The minimum atomic E-state index is 0.588. The second-order valence-corrected chi connectivity index (χ2v) is 2.70. The molecule has 1 radical (unpaired) electrons.